The number of carbonyl (C=O) groups is 1. The lowest BCUT2D eigenvalue weighted by atomic mass is 10.1. The van der Waals surface area contributed by atoms with Gasteiger partial charge < -0.3 is 10.4 Å². The number of halogens is 1. The van der Waals surface area contributed by atoms with Crippen molar-refractivity contribution in [2.75, 3.05) is 6.61 Å². The number of aliphatic hydroxyl groups excluding tert-OH is 1. The van der Waals surface area contributed by atoms with Gasteiger partial charge in [0.1, 0.15) is 0 Å². The van der Waals surface area contributed by atoms with Crippen LogP contribution in [0, 0.1) is 19.8 Å². The molecule has 1 heterocycles. The summed E-state index contributed by atoms with van der Waals surface area (Å²) in [5.74, 6) is 0.00893. The number of carbonyl (C=O) groups excluding carboxylic acids is 1. The summed E-state index contributed by atoms with van der Waals surface area (Å²) >= 11 is 6.18. The van der Waals surface area contributed by atoms with E-state index in [4.69, 9.17) is 16.7 Å². The third-order valence-corrected chi connectivity index (χ3v) is 4.85. The second-order valence-corrected chi connectivity index (χ2v) is 6.46. The number of aliphatic hydroxyl groups is 1. The Balaban J connectivity index is 1.71. The highest BCUT2D eigenvalue weighted by Crippen LogP contribution is 2.22. The molecule has 0 radical (unpaired) electrons. The Hall–Kier alpha value is -2.11. The Morgan fingerprint density at radius 3 is 2.58 bits per heavy atom. The quantitative estimate of drug-likeness (QED) is 0.837. The number of hydrogen-bond acceptors (Lipinski definition) is 3. The van der Waals surface area contributed by atoms with Gasteiger partial charge in [-0.3, -0.25) is 4.79 Å². The number of aromatic nitrogens is 2. The van der Waals surface area contributed by atoms with Crippen LogP contribution in [0.25, 0.3) is 5.69 Å². The van der Waals surface area contributed by atoms with Crippen molar-refractivity contribution in [2.45, 2.75) is 26.3 Å². The largest absolute Gasteiger partial charge is 0.396 e. The lowest BCUT2D eigenvalue weighted by molar-refractivity contribution is 0.0941. The summed E-state index contributed by atoms with van der Waals surface area (Å²) < 4.78 is 1.77. The van der Waals surface area contributed by atoms with Crippen LogP contribution in [0.2, 0.25) is 5.02 Å². The van der Waals surface area contributed by atoms with Crippen molar-refractivity contribution >= 4 is 17.5 Å². The van der Waals surface area contributed by atoms with Crippen LogP contribution in [-0.2, 0) is 0 Å². The number of rotatable bonds is 4. The summed E-state index contributed by atoms with van der Waals surface area (Å²) in [6, 6.07) is 7.23. The van der Waals surface area contributed by atoms with E-state index < -0.39 is 0 Å². The molecular weight excluding hydrogens is 326 g/mol. The Morgan fingerprint density at radius 1 is 1.33 bits per heavy atom. The van der Waals surface area contributed by atoms with Crippen LogP contribution in [0.5, 0.6) is 0 Å². The van der Waals surface area contributed by atoms with Crippen LogP contribution in [-0.4, -0.2) is 33.4 Å². The van der Waals surface area contributed by atoms with Crippen molar-refractivity contribution in [2.24, 2.45) is 5.92 Å². The second kappa shape index (κ2) is 6.79. The molecule has 0 bridgehead atoms. The molecule has 0 fully saturated rings. The Kier molecular flexibility index (Phi) is 4.73. The van der Waals surface area contributed by atoms with Crippen LogP contribution in [0.3, 0.4) is 0 Å². The fraction of sp³-hybridized carbons (Fsp3) is 0.333. The number of aryl methyl sites for hydroxylation is 1. The Morgan fingerprint density at radius 2 is 2.04 bits per heavy atom. The predicted octanol–water partition coefficient (Wildman–Crippen LogP) is 2.81. The minimum atomic E-state index is -0.124. The molecule has 0 unspecified atom stereocenters. The normalized spacial score (nSPS) is 19.7. The zero-order chi connectivity index (χ0) is 17.3. The van der Waals surface area contributed by atoms with Crippen molar-refractivity contribution in [1.29, 1.82) is 0 Å². The summed E-state index contributed by atoms with van der Waals surface area (Å²) in [6.45, 7) is 3.89. The maximum Gasteiger partial charge on any atom is 0.251 e. The van der Waals surface area contributed by atoms with E-state index in [1.807, 2.05) is 38.1 Å². The third-order valence-electron chi connectivity index (χ3n) is 4.30. The van der Waals surface area contributed by atoms with Crippen LogP contribution in [0.4, 0.5) is 0 Å². The van der Waals surface area contributed by atoms with Gasteiger partial charge in [0.2, 0.25) is 0 Å². The molecule has 1 amide bonds. The van der Waals surface area contributed by atoms with E-state index in [1.165, 1.54) is 0 Å². The summed E-state index contributed by atoms with van der Waals surface area (Å²) in [4.78, 5) is 12.3. The van der Waals surface area contributed by atoms with E-state index in [0.29, 0.717) is 10.6 Å². The van der Waals surface area contributed by atoms with E-state index in [-0.39, 0.29) is 24.5 Å². The second-order valence-electron chi connectivity index (χ2n) is 6.09. The average molecular weight is 346 g/mol. The maximum atomic E-state index is 12.3. The fourth-order valence-corrected chi connectivity index (χ4v) is 3.02. The van der Waals surface area contributed by atoms with Crippen molar-refractivity contribution in [1.82, 2.24) is 15.1 Å². The standard InChI is InChI=1S/C18H20ClN3O2/c1-11-17(19)12(2)22(21-11)16-7-4-14(5-8-16)18(24)20-15-6-3-13(9-15)10-23/h3-8,13,15,23H,9-10H2,1-2H3,(H,20,24)/t13-,15+/m0/s1. The molecule has 0 saturated carbocycles. The van der Waals surface area contributed by atoms with E-state index in [1.54, 1.807) is 16.8 Å². The number of benzene rings is 1. The molecule has 6 heteroatoms. The molecule has 1 aliphatic carbocycles. The van der Waals surface area contributed by atoms with Gasteiger partial charge in [0.15, 0.2) is 0 Å². The number of nitrogens with zero attached hydrogens (tertiary/aromatic N) is 2. The number of nitrogens with one attached hydrogen (secondary N) is 1. The zero-order valence-electron chi connectivity index (χ0n) is 13.7. The minimum Gasteiger partial charge on any atom is -0.396 e. The van der Waals surface area contributed by atoms with Gasteiger partial charge in [0.25, 0.3) is 5.91 Å². The van der Waals surface area contributed by atoms with Crippen molar-refractivity contribution in [3.8, 4) is 5.69 Å². The molecule has 0 saturated heterocycles. The molecule has 1 aromatic carbocycles. The maximum absolute atomic E-state index is 12.3. The first kappa shape index (κ1) is 16.7. The predicted molar refractivity (Wildman–Crippen MR) is 93.6 cm³/mol. The van der Waals surface area contributed by atoms with Crippen molar-refractivity contribution < 1.29 is 9.90 Å². The molecule has 0 aliphatic heterocycles. The van der Waals surface area contributed by atoms with Gasteiger partial charge in [-0.15, -0.1) is 0 Å². The molecule has 0 spiro atoms. The molecule has 1 aromatic heterocycles. The molecular formula is C18H20ClN3O2. The van der Waals surface area contributed by atoms with Crippen molar-refractivity contribution in [3.05, 3.63) is 58.4 Å². The first-order valence-electron chi connectivity index (χ1n) is 7.91. The molecule has 1 aliphatic rings. The monoisotopic (exact) mass is 345 g/mol. The van der Waals surface area contributed by atoms with E-state index in [2.05, 4.69) is 10.4 Å². The van der Waals surface area contributed by atoms with E-state index in [9.17, 15) is 4.79 Å². The van der Waals surface area contributed by atoms with Gasteiger partial charge in [0, 0.05) is 24.1 Å². The van der Waals surface area contributed by atoms with Gasteiger partial charge in [-0.25, -0.2) is 4.68 Å². The fourth-order valence-electron chi connectivity index (χ4n) is 2.90. The summed E-state index contributed by atoms with van der Waals surface area (Å²) in [7, 11) is 0. The smallest absolute Gasteiger partial charge is 0.251 e. The van der Waals surface area contributed by atoms with Gasteiger partial charge in [-0.2, -0.15) is 5.10 Å². The molecule has 24 heavy (non-hydrogen) atoms. The van der Waals surface area contributed by atoms with E-state index in [0.717, 1.165) is 23.5 Å². The Labute approximate surface area is 145 Å². The topological polar surface area (TPSA) is 67.2 Å². The molecule has 2 aromatic rings. The zero-order valence-corrected chi connectivity index (χ0v) is 14.4. The number of amides is 1. The summed E-state index contributed by atoms with van der Waals surface area (Å²) in [5, 5.41) is 17.2. The highest BCUT2D eigenvalue weighted by atomic mass is 35.5. The highest BCUT2D eigenvalue weighted by molar-refractivity contribution is 6.31. The lowest BCUT2D eigenvalue weighted by Gasteiger charge is -2.13. The van der Waals surface area contributed by atoms with Gasteiger partial charge >= 0.3 is 0 Å². The molecule has 2 atom stereocenters. The molecule has 2 N–H and O–H groups in total. The molecule has 3 rings (SSSR count). The van der Waals surface area contributed by atoms with Gasteiger partial charge in [-0.05, 0) is 44.5 Å². The lowest BCUT2D eigenvalue weighted by Crippen LogP contribution is -2.32. The van der Waals surface area contributed by atoms with Crippen molar-refractivity contribution in [3.63, 3.8) is 0 Å². The first-order valence-corrected chi connectivity index (χ1v) is 8.29. The van der Waals surface area contributed by atoms with E-state index >= 15 is 0 Å². The summed E-state index contributed by atoms with van der Waals surface area (Å²) in [5.41, 5.74) is 3.10. The van der Waals surface area contributed by atoms with Crippen LogP contribution < -0.4 is 5.32 Å². The SMILES string of the molecule is Cc1nn(-c2ccc(C(=O)N[C@@H]3C=C[C@H](CO)C3)cc2)c(C)c1Cl. The molecule has 5 nitrogen and oxygen atoms in total. The first-order chi connectivity index (χ1) is 11.5. The number of hydrogen-bond donors (Lipinski definition) is 2. The van der Waals surface area contributed by atoms with Gasteiger partial charge in [-0.1, -0.05) is 23.8 Å². The molecule has 126 valence electrons. The highest BCUT2D eigenvalue weighted by Gasteiger charge is 2.20. The third kappa shape index (κ3) is 3.23. The van der Waals surface area contributed by atoms with Crippen LogP contribution in [0.1, 0.15) is 28.2 Å². The average Bonchev–Trinajstić information content (AvgIpc) is 3.15. The van der Waals surface area contributed by atoms with Crippen LogP contribution in [0.15, 0.2) is 36.4 Å². The minimum absolute atomic E-state index is 0.0239. The summed E-state index contributed by atoms with van der Waals surface area (Å²) in [6.07, 6.45) is 4.62. The van der Waals surface area contributed by atoms with Gasteiger partial charge in [0.05, 0.1) is 22.1 Å². The Bertz CT molecular complexity index is 780. The van der Waals surface area contributed by atoms with Crippen LogP contribution >= 0.6 is 11.6 Å².